The highest BCUT2D eigenvalue weighted by atomic mass is 16.1. The van der Waals surface area contributed by atoms with Crippen LogP contribution in [-0.2, 0) is 0 Å². The Labute approximate surface area is 127 Å². The van der Waals surface area contributed by atoms with Crippen LogP contribution in [0, 0.1) is 0 Å². The lowest BCUT2D eigenvalue weighted by Crippen LogP contribution is -1.99. The van der Waals surface area contributed by atoms with E-state index in [-0.39, 0.29) is 5.78 Å². The second-order valence-electron chi connectivity index (χ2n) is 5.71. The number of pyridine rings is 1. The highest BCUT2D eigenvalue weighted by Gasteiger charge is 2.06. The Hall–Kier alpha value is -1.70. The van der Waals surface area contributed by atoms with Gasteiger partial charge in [0.2, 0.25) is 0 Å². The minimum absolute atomic E-state index is 0.259. The van der Waals surface area contributed by atoms with E-state index in [2.05, 4.69) is 11.9 Å². The number of rotatable bonds is 9. The lowest BCUT2D eigenvalue weighted by atomic mass is 10.0. The molecule has 0 aliphatic carbocycles. The molecule has 2 rings (SSSR count). The van der Waals surface area contributed by atoms with Crippen LogP contribution in [0.15, 0.2) is 36.5 Å². The van der Waals surface area contributed by atoms with Crippen molar-refractivity contribution in [1.82, 2.24) is 4.98 Å². The van der Waals surface area contributed by atoms with Crippen LogP contribution >= 0.6 is 0 Å². The van der Waals surface area contributed by atoms with Gasteiger partial charge in [-0.05, 0) is 30.7 Å². The maximum atomic E-state index is 12.2. The summed E-state index contributed by atoms with van der Waals surface area (Å²) in [4.78, 5) is 16.5. The molecule has 2 nitrogen and oxygen atoms in total. The molecule has 0 aliphatic heterocycles. The number of fused-ring (bicyclic) bond motifs is 1. The molecular weight excluding hydrogens is 258 g/mol. The Bertz CT molecular complexity index is 577. The average Bonchev–Trinajstić information content (AvgIpc) is 2.53. The molecule has 2 heteroatoms. The number of aromatic nitrogens is 1. The molecule has 2 aromatic rings. The van der Waals surface area contributed by atoms with E-state index < -0.39 is 0 Å². The largest absolute Gasteiger partial charge is 0.294 e. The van der Waals surface area contributed by atoms with Crippen LogP contribution in [0.25, 0.3) is 10.9 Å². The summed E-state index contributed by atoms with van der Waals surface area (Å²) in [6, 6.07) is 9.72. The third kappa shape index (κ3) is 4.96. The van der Waals surface area contributed by atoms with Gasteiger partial charge in [-0.15, -0.1) is 0 Å². The van der Waals surface area contributed by atoms with Crippen LogP contribution in [0.5, 0.6) is 0 Å². The molecular formula is C19H25NO. The fourth-order valence-electron chi connectivity index (χ4n) is 2.64. The van der Waals surface area contributed by atoms with Crippen molar-refractivity contribution in [2.24, 2.45) is 0 Å². The zero-order valence-electron chi connectivity index (χ0n) is 13.0. The number of carbonyl (C=O) groups excluding carboxylic acids is 1. The molecule has 0 atom stereocenters. The van der Waals surface area contributed by atoms with Crippen LogP contribution in [0.3, 0.4) is 0 Å². The zero-order chi connectivity index (χ0) is 14.9. The molecule has 0 fully saturated rings. The first kappa shape index (κ1) is 15.7. The Morgan fingerprint density at radius 3 is 2.57 bits per heavy atom. The number of ketones is 1. The zero-order valence-corrected chi connectivity index (χ0v) is 13.0. The van der Waals surface area contributed by atoms with Crippen molar-refractivity contribution in [3.8, 4) is 0 Å². The van der Waals surface area contributed by atoms with E-state index in [4.69, 9.17) is 0 Å². The number of nitrogens with zero attached hydrogens (tertiary/aromatic N) is 1. The smallest absolute Gasteiger partial charge is 0.162 e. The SMILES string of the molecule is CCCCCCCCCC(=O)c1ccc2ncccc2c1. The number of unbranched alkanes of at least 4 members (excludes halogenated alkanes) is 6. The lowest BCUT2D eigenvalue weighted by molar-refractivity contribution is 0.0979. The summed E-state index contributed by atoms with van der Waals surface area (Å²) in [6.45, 7) is 2.23. The molecule has 0 amide bonds. The van der Waals surface area contributed by atoms with Crippen molar-refractivity contribution >= 4 is 16.7 Å². The first-order chi connectivity index (χ1) is 10.3. The van der Waals surface area contributed by atoms with Gasteiger partial charge in [-0.2, -0.15) is 0 Å². The molecule has 0 bridgehead atoms. The summed E-state index contributed by atoms with van der Waals surface area (Å²) in [6.07, 6.45) is 11.2. The standard InChI is InChI=1S/C19H25NO/c1-2-3-4-5-6-7-8-11-19(21)17-12-13-18-16(15-17)10-9-14-20-18/h9-10,12-15H,2-8,11H2,1H3. The summed E-state index contributed by atoms with van der Waals surface area (Å²) < 4.78 is 0. The normalized spacial score (nSPS) is 10.9. The summed E-state index contributed by atoms with van der Waals surface area (Å²) in [5.74, 6) is 0.259. The van der Waals surface area contributed by atoms with Gasteiger partial charge < -0.3 is 0 Å². The van der Waals surface area contributed by atoms with Crippen LogP contribution in [-0.4, -0.2) is 10.8 Å². The van der Waals surface area contributed by atoms with Gasteiger partial charge in [0.25, 0.3) is 0 Å². The molecule has 0 unspecified atom stereocenters. The van der Waals surface area contributed by atoms with Crippen LogP contribution in [0.4, 0.5) is 0 Å². The summed E-state index contributed by atoms with van der Waals surface area (Å²) in [7, 11) is 0. The molecule has 0 aliphatic rings. The first-order valence-electron chi connectivity index (χ1n) is 8.19. The fourth-order valence-corrected chi connectivity index (χ4v) is 2.64. The second-order valence-corrected chi connectivity index (χ2v) is 5.71. The highest BCUT2D eigenvalue weighted by molar-refractivity contribution is 5.99. The molecule has 112 valence electrons. The summed E-state index contributed by atoms with van der Waals surface area (Å²) in [5.41, 5.74) is 1.77. The fraction of sp³-hybridized carbons (Fsp3) is 0.474. The van der Waals surface area contributed by atoms with E-state index in [0.717, 1.165) is 22.9 Å². The monoisotopic (exact) mass is 283 g/mol. The summed E-state index contributed by atoms with van der Waals surface area (Å²) >= 11 is 0. The van der Waals surface area contributed by atoms with E-state index >= 15 is 0 Å². The Kier molecular flexibility index (Phi) is 6.39. The predicted octanol–water partition coefficient (Wildman–Crippen LogP) is 5.56. The highest BCUT2D eigenvalue weighted by Crippen LogP contribution is 2.16. The third-order valence-corrected chi connectivity index (χ3v) is 3.93. The van der Waals surface area contributed by atoms with Gasteiger partial charge >= 0.3 is 0 Å². The third-order valence-electron chi connectivity index (χ3n) is 3.93. The maximum Gasteiger partial charge on any atom is 0.162 e. The summed E-state index contributed by atoms with van der Waals surface area (Å²) in [5, 5.41) is 1.04. The number of Topliss-reactive ketones (excluding diaryl/α,β-unsaturated/α-hetero) is 1. The van der Waals surface area contributed by atoms with E-state index in [1.54, 1.807) is 6.20 Å². The van der Waals surface area contributed by atoms with Crippen LogP contribution in [0.1, 0.15) is 68.6 Å². The minimum Gasteiger partial charge on any atom is -0.294 e. The van der Waals surface area contributed by atoms with Crippen molar-refractivity contribution in [2.45, 2.75) is 58.3 Å². The number of carbonyl (C=O) groups is 1. The van der Waals surface area contributed by atoms with Crippen LogP contribution < -0.4 is 0 Å². The maximum absolute atomic E-state index is 12.2. The molecule has 1 heterocycles. The molecule has 21 heavy (non-hydrogen) atoms. The number of hydrogen-bond donors (Lipinski definition) is 0. The second kappa shape index (κ2) is 8.56. The van der Waals surface area contributed by atoms with Crippen molar-refractivity contribution < 1.29 is 4.79 Å². The Morgan fingerprint density at radius 2 is 1.76 bits per heavy atom. The van der Waals surface area contributed by atoms with E-state index in [0.29, 0.717) is 6.42 Å². The predicted molar refractivity (Wildman–Crippen MR) is 88.7 cm³/mol. The molecule has 1 aromatic heterocycles. The van der Waals surface area contributed by atoms with E-state index in [1.807, 2.05) is 30.3 Å². The number of benzene rings is 1. The molecule has 0 saturated heterocycles. The Morgan fingerprint density at radius 1 is 1.00 bits per heavy atom. The molecule has 1 aromatic carbocycles. The van der Waals surface area contributed by atoms with E-state index in [9.17, 15) is 4.79 Å². The minimum atomic E-state index is 0.259. The molecule has 0 radical (unpaired) electrons. The van der Waals surface area contributed by atoms with Gasteiger partial charge in [-0.1, -0.05) is 51.5 Å². The van der Waals surface area contributed by atoms with Gasteiger partial charge in [0, 0.05) is 23.6 Å². The number of hydrogen-bond acceptors (Lipinski definition) is 2. The van der Waals surface area contributed by atoms with Crippen molar-refractivity contribution in [3.05, 3.63) is 42.1 Å². The average molecular weight is 283 g/mol. The van der Waals surface area contributed by atoms with Crippen molar-refractivity contribution in [3.63, 3.8) is 0 Å². The van der Waals surface area contributed by atoms with Gasteiger partial charge in [0.1, 0.15) is 0 Å². The Balaban J connectivity index is 1.77. The van der Waals surface area contributed by atoms with Crippen LogP contribution in [0.2, 0.25) is 0 Å². The topological polar surface area (TPSA) is 30.0 Å². The van der Waals surface area contributed by atoms with E-state index in [1.165, 1.54) is 38.5 Å². The van der Waals surface area contributed by atoms with Crippen molar-refractivity contribution in [2.75, 3.05) is 0 Å². The molecule has 0 N–H and O–H groups in total. The molecule has 0 spiro atoms. The van der Waals surface area contributed by atoms with Gasteiger partial charge in [-0.25, -0.2) is 0 Å². The lowest BCUT2D eigenvalue weighted by Gasteiger charge is -2.03. The van der Waals surface area contributed by atoms with Crippen molar-refractivity contribution in [1.29, 1.82) is 0 Å². The van der Waals surface area contributed by atoms with Gasteiger partial charge in [0.15, 0.2) is 5.78 Å². The first-order valence-corrected chi connectivity index (χ1v) is 8.19. The quantitative estimate of drug-likeness (QED) is 0.445. The van der Waals surface area contributed by atoms with Gasteiger partial charge in [-0.3, -0.25) is 9.78 Å². The van der Waals surface area contributed by atoms with Gasteiger partial charge in [0.05, 0.1) is 5.52 Å². The molecule has 0 saturated carbocycles.